The lowest BCUT2D eigenvalue weighted by Gasteiger charge is -2.38. The molecule has 2 aliphatic rings. The zero-order valence-electron chi connectivity index (χ0n) is 24.3. The van der Waals surface area contributed by atoms with Crippen molar-refractivity contribution in [2.45, 2.75) is 71.2 Å². The van der Waals surface area contributed by atoms with Crippen LogP contribution in [0.3, 0.4) is 0 Å². The Morgan fingerprint density at radius 1 is 1.03 bits per heavy atom. The van der Waals surface area contributed by atoms with E-state index in [1.807, 2.05) is 37.8 Å². The van der Waals surface area contributed by atoms with E-state index in [1.165, 1.54) is 5.69 Å². The van der Waals surface area contributed by atoms with E-state index in [1.54, 1.807) is 12.0 Å². The minimum Gasteiger partial charge on any atom is -0.497 e. The SMILES string of the molecule is CCN(CC)c1ccc(C2NC3(CCN(C(=O)OC(C)(C)C)CC3)C(=O)N2CCc2ccc(OC)cc2)cc1. The Bertz CT molecular complexity index is 1110. The molecule has 1 atom stereocenters. The summed E-state index contributed by atoms with van der Waals surface area (Å²) < 4.78 is 10.9. The number of piperidine rings is 1. The molecule has 212 valence electrons. The van der Waals surface area contributed by atoms with E-state index < -0.39 is 11.1 Å². The van der Waals surface area contributed by atoms with E-state index in [0.717, 1.165) is 36.4 Å². The van der Waals surface area contributed by atoms with Crippen molar-refractivity contribution < 1.29 is 19.1 Å². The standard InChI is InChI=1S/C31H44N4O4/c1-7-33(8-2)25-13-11-24(12-14-25)27-32-31(18-21-34(22-19-31)29(37)39-30(3,4)5)28(36)35(27)20-17-23-9-15-26(38-6)16-10-23/h9-16,27,32H,7-8,17-22H2,1-6H3. The highest BCUT2D eigenvalue weighted by Gasteiger charge is 2.53. The van der Waals surface area contributed by atoms with Crippen LogP contribution in [0.25, 0.3) is 0 Å². The first-order valence-electron chi connectivity index (χ1n) is 14.1. The average molecular weight is 537 g/mol. The Hall–Kier alpha value is -3.26. The summed E-state index contributed by atoms with van der Waals surface area (Å²) >= 11 is 0. The number of nitrogens with zero attached hydrogens (tertiary/aromatic N) is 3. The van der Waals surface area contributed by atoms with Crippen molar-refractivity contribution in [3.05, 3.63) is 59.7 Å². The second-order valence-electron chi connectivity index (χ2n) is 11.5. The van der Waals surface area contributed by atoms with Crippen LogP contribution in [0.5, 0.6) is 5.75 Å². The molecule has 2 heterocycles. The van der Waals surface area contributed by atoms with Crippen molar-refractivity contribution in [1.29, 1.82) is 0 Å². The summed E-state index contributed by atoms with van der Waals surface area (Å²) in [4.78, 5) is 32.7. The number of hydrogen-bond acceptors (Lipinski definition) is 6. The van der Waals surface area contributed by atoms with Crippen LogP contribution in [0, 0.1) is 0 Å². The largest absolute Gasteiger partial charge is 0.497 e. The van der Waals surface area contributed by atoms with Crippen LogP contribution >= 0.6 is 0 Å². The Labute approximate surface area is 233 Å². The van der Waals surface area contributed by atoms with Gasteiger partial charge in [-0.25, -0.2) is 4.79 Å². The van der Waals surface area contributed by atoms with Gasteiger partial charge >= 0.3 is 6.09 Å². The van der Waals surface area contributed by atoms with Gasteiger partial charge in [-0.05, 0) is 89.3 Å². The van der Waals surface area contributed by atoms with Crippen LogP contribution in [0.2, 0.25) is 0 Å². The maximum atomic E-state index is 14.1. The normalized spacial score (nSPS) is 18.9. The van der Waals surface area contributed by atoms with Crippen molar-refractivity contribution in [2.24, 2.45) is 0 Å². The monoisotopic (exact) mass is 536 g/mol. The third-order valence-electron chi connectivity index (χ3n) is 7.80. The molecule has 4 rings (SSSR count). The number of rotatable bonds is 8. The van der Waals surface area contributed by atoms with Gasteiger partial charge < -0.3 is 24.2 Å². The van der Waals surface area contributed by atoms with E-state index in [2.05, 4.69) is 60.5 Å². The number of ether oxygens (including phenoxy) is 2. The third-order valence-corrected chi connectivity index (χ3v) is 7.80. The van der Waals surface area contributed by atoms with Gasteiger partial charge in [0.15, 0.2) is 0 Å². The molecule has 0 aromatic heterocycles. The molecule has 1 spiro atoms. The lowest BCUT2D eigenvalue weighted by Crippen LogP contribution is -2.56. The minimum absolute atomic E-state index is 0.109. The molecule has 0 aliphatic carbocycles. The van der Waals surface area contributed by atoms with E-state index in [4.69, 9.17) is 9.47 Å². The van der Waals surface area contributed by atoms with Gasteiger partial charge in [-0.3, -0.25) is 10.1 Å². The molecule has 0 radical (unpaired) electrons. The van der Waals surface area contributed by atoms with Gasteiger partial charge in [-0.2, -0.15) is 0 Å². The third kappa shape index (κ3) is 6.49. The Balaban J connectivity index is 1.54. The van der Waals surface area contributed by atoms with Gasteiger partial charge in [0.1, 0.15) is 23.1 Å². The molecule has 39 heavy (non-hydrogen) atoms. The summed E-state index contributed by atoms with van der Waals surface area (Å²) in [6, 6.07) is 16.6. The number of amides is 2. The molecule has 2 saturated heterocycles. The molecular formula is C31H44N4O4. The van der Waals surface area contributed by atoms with Crippen LogP contribution in [0.1, 0.15) is 64.8 Å². The van der Waals surface area contributed by atoms with Crippen molar-refractivity contribution in [3.8, 4) is 5.75 Å². The number of methoxy groups -OCH3 is 1. The van der Waals surface area contributed by atoms with Gasteiger partial charge in [0.25, 0.3) is 0 Å². The lowest BCUT2D eigenvalue weighted by atomic mass is 9.87. The number of benzene rings is 2. The number of carbonyl (C=O) groups is 2. The first-order valence-corrected chi connectivity index (χ1v) is 14.1. The van der Waals surface area contributed by atoms with Crippen molar-refractivity contribution in [2.75, 3.05) is 44.7 Å². The molecule has 1 unspecified atom stereocenters. The van der Waals surface area contributed by atoms with Crippen LogP contribution in [-0.4, -0.2) is 72.8 Å². The summed E-state index contributed by atoms with van der Waals surface area (Å²) in [7, 11) is 1.66. The predicted octanol–water partition coefficient (Wildman–Crippen LogP) is 4.98. The molecule has 8 nitrogen and oxygen atoms in total. The highest BCUT2D eigenvalue weighted by atomic mass is 16.6. The van der Waals surface area contributed by atoms with Crippen molar-refractivity contribution in [3.63, 3.8) is 0 Å². The summed E-state index contributed by atoms with van der Waals surface area (Å²) in [5.41, 5.74) is 2.16. The summed E-state index contributed by atoms with van der Waals surface area (Å²) in [6.07, 6.45) is 1.30. The highest BCUT2D eigenvalue weighted by Crippen LogP contribution is 2.38. The van der Waals surface area contributed by atoms with Crippen LogP contribution in [0.4, 0.5) is 10.5 Å². The molecule has 8 heteroatoms. The molecule has 2 amide bonds. The van der Waals surface area contributed by atoms with Crippen LogP contribution < -0.4 is 15.0 Å². The predicted molar refractivity (Wildman–Crippen MR) is 154 cm³/mol. The molecular weight excluding hydrogens is 492 g/mol. The quantitative estimate of drug-likeness (QED) is 0.513. The second kappa shape index (κ2) is 11.9. The average Bonchev–Trinajstić information content (AvgIpc) is 3.19. The van der Waals surface area contributed by atoms with E-state index in [9.17, 15) is 9.59 Å². The molecule has 0 bridgehead atoms. The fourth-order valence-electron chi connectivity index (χ4n) is 5.54. The Kier molecular flexibility index (Phi) is 8.74. The van der Waals surface area contributed by atoms with E-state index >= 15 is 0 Å². The highest BCUT2D eigenvalue weighted by molar-refractivity contribution is 5.89. The smallest absolute Gasteiger partial charge is 0.410 e. The second-order valence-corrected chi connectivity index (χ2v) is 11.5. The molecule has 2 fully saturated rings. The summed E-state index contributed by atoms with van der Waals surface area (Å²) in [6.45, 7) is 13.4. The molecule has 0 saturated carbocycles. The number of nitrogens with one attached hydrogen (secondary N) is 1. The van der Waals surface area contributed by atoms with Crippen LogP contribution in [0.15, 0.2) is 48.5 Å². The van der Waals surface area contributed by atoms with Gasteiger partial charge in [0.05, 0.1) is 7.11 Å². The van der Waals surface area contributed by atoms with Gasteiger partial charge in [-0.1, -0.05) is 24.3 Å². The first-order chi connectivity index (χ1) is 18.6. The van der Waals surface area contributed by atoms with E-state index in [-0.39, 0.29) is 18.2 Å². The van der Waals surface area contributed by atoms with Crippen molar-refractivity contribution >= 4 is 17.7 Å². The minimum atomic E-state index is -0.694. The number of likely N-dealkylation sites (tertiary alicyclic amines) is 1. The Morgan fingerprint density at radius 2 is 1.64 bits per heavy atom. The maximum Gasteiger partial charge on any atom is 0.410 e. The van der Waals surface area contributed by atoms with Crippen molar-refractivity contribution in [1.82, 2.24) is 15.1 Å². The van der Waals surface area contributed by atoms with Gasteiger partial charge in [0.2, 0.25) is 5.91 Å². The zero-order chi connectivity index (χ0) is 28.2. The molecule has 1 N–H and O–H groups in total. The topological polar surface area (TPSA) is 74.4 Å². The summed E-state index contributed by atoms with van der Waals surface area (Å²) in [5.74, 6) is 0.928. The number of carbonyl (C=O) groups excluding carboxylic acids is 2. The van der Waals surface area contributed by atoms with E-state index in [0.29, 0.717) is 32.5 Å². The lowest BCUT2D eigenvalue weighted by molar-refractivity contribution is -0.134. The number of anilines is 1. The summed E-state index contributed by atoms with van der Waals surface area (Å²) in [5, 5.41) is 3.73. The van der Waals surface area contributed by atoms with Gasteiger partial charge in [0, 0.05) is 38.4 Å². The molecule has 2 aromatic carbocycles. The maximum absolute atomic E-state index is 14.1. The number of hydrogen-bond donors (Lipinski definition) is 1. The fourth-order valence-corrected chi connectivity index (χ4v) is 5.54. The Morgan fingerprint density at radius 3 is 2.18 bits per heavy atom. The molecule has 2 aromatic rings. The van der Waals surface area contributed by atoms with Gasteiger partial charge in [-0.15, -0.1) is 0 Å². The molecule has 2 aliphatic heterocycles. The zero-order valence-corrected chi connectivity index (χ0v) is 24.3. The first kappa shape index (κ1) is 28.7. The van der Waals surface area contributed by atoms with Crippen LogP contribution in [-0.2, 0) is 16.0 Å². The fraction of sp³-hybridized carbons (Fsp3) is 0.548.